The van der Waals surface area contributed by atoms with E-state index in [4.69, 9.17) is 33.0 Å². The van der Waals surface area contributed by atoms with Crippen LogP contribution in [0.15, 0.2) is 18.2 Å². The molecule has 0 heterocycles. The molecule has 15 heavy (non-hydrogen) atoms. The van der Waals surface area contributed by atoms with E-state index in [0.717, 1.165) is 6.08 Å². The first-order chi connectivity index (χ1) is 7.06. The van der Waals surface area contributed by atoms with Gasteiger partial charge in [0.2, 0.25) is 0 Å². The molecule has 0 fully saturated rings. The van der Waals surface area contributed by atoms with Gasteiger partial charge < -0.3 is 9.84 Å². The quantitative estimate of drug-likeness (QED) is 0.834. The number of ether oxygens (including phenoxy) is 1. The van der Waals surface area contributed by atoms with Crippen LogP contribution in [0.3, 0.4) is 0 Å². The number of hydrogen-bond acceptors (Lipinski definition) is 2. The predicted molar refractivity (Wildman–Crippen MR) is 59.7 cm³/mol. The van der Waals surface area contributed by atoms with Crippen LogP contribution in [0.2, 0.25) is 10.0 Å². The van der Waals surface area contributed by atoms with Gasteiger partial charge >= 0.3 is 5.97 Å². The number of carboxylic acid groups (broad SMARTS) is 1. The lowest BCUT2D eigenvalue weighted by atomic mass is 10.2. The Hall–Kier alpha value is -1.19. The Labute approximate surface area is 96.9 Å². The van der Waals surface area contributed by atoms with Crippen molar-refractivity contribution in [3.05, 3.63) is 33.8 Å². The Kier molecular flexibility index (Phi) is 4.00. The van der Waals surface area contributed by atoms with Gasteiger partial charge in [0.05, 0.1) is 12.1 Å². The summed E-state index contributed by atoms with van der Waals surface area (Å²) in [7, 11) is 1.47. The van der Waals surface area contributed by atoms with Gasteiger partial charge in [-0.3, -0.25) is 0 Å². The van der Waals surface area contributed by atoms with E-state index in [2.05, 4.69) is 0 Å². The minimum Gasteiger partial charge on any atom is -0.495 e. The Morgan fingerprint density at radius 2 is 2.13 bits per heavy atom. The van der Waals surface area contributed by atoms with Crippen LogP contribution in [0, 0.1) is 0 Å². The predicted octanol–water partition coefficient (Wildman–Crippen LogP) is 3.10. The molecule has 0 aliphatic rings. The molecule has 1 N–H and O–H groups in total. The average Bonchev–Trinajstić information content (AvgIpc) is 2.17. The first kappa shape index (κ1) is 11.9. The molecule has 1 rings (SSSR count). The smallest absolute Gasteiger partial charge is 0.328 e. The Morgan fingerprint density at radius 3 is 2.67 bits per heavy atom. The lowest BCUT2D eigenvalue weighted by Crippen LogP contribution is -1.89. The normalized spacial score (nSPS) is 10.6. The van der Waals surface area contributed by atoms with Crippen LogP contribution in [0.25, 0.3) is 6.08 Å². The fourth-order valence-electron chi connectivity index (χ4n) is 1.01. The van der Waals surface area contributed by atoms with Crippen molar-refractivity contribution in [2.24, 2.45) is 0 Å². The second kappa shape index (κ2) is 5.05. The van der Waals surface area contributed by atoms with E-state index in [1.807, 2.05) is 0 Å². The summed E-state index contributed by atoms with van der Waals surface area (Å²) >= 11 is 11.8. The number of benzene rings is 1. The molecular weight excluding hydrogens is 239 g/mol. The van der Waals surface area contributed by atoms with Crippen molar-refractivity contribution in [1.82, 2.24) is 0 Å². The highest BCUT2D eigenvalue weighted by atomic mass is 35.5. The summed E-state index contributed by atoms with van der Waals surface area (Å²) in [4.78, 5) is 10.3. The maximum atomic E-state index is 10.3. The number of hydrogen-bond donors (Lipinski definition) is 1. The molecule has 0 saturated carbocycles. The highest BCUT2D eigenvalue weighted by Crippen LogP contribution is 2.33. The molecule has 0 aliphatic heterocycles. The number of carbonyl (C=O) groups is 1. The Morgan fingerprint density at radius 1 is 1.47 bits per heavy atom. The summed E-state index contributed by atoms with van der Waals surface area (Å²) in [5.41, 5.74) is 0.431. The monoisotopic (exact) mass is 246 g/mol. The summed E-state index contributed by atoms with van der Waals surface area (Å²) in [5.74, 6) is -0.615. The van der Waals surface area contributed by atoms with Gasteiger partial charge in [0.25, 0.3) is 0 Å². The summed E-state index contributed by atoms with van der Waals surface area (Å²) in [6, 6.07) is 3.20. The van der Waals surface area contributed by atoms with Crippen molar-refractivity contribution < 1.29 is 14.6 Å². The van der Waals surface area contributed by atoms with Crippen LogP contribution in [-0.2, 0) is 4.79 Å². The largest absolute Gasteiger partial charge is 0.495 e. The number of rotatable bonds is 3. The third-order valence-corrected chi connectivity index (χ3v) is 2.42. The van der Waals surface area contributed by atoms with Crippen molar-refractivity contribution in [2.45, 2.75) is 0 Å². The van der Waals surface area contributed by atoms with Gasteiger partial charge in [-0.25, -0.2) is 4.79 Å². The van der Waals surface area contributed by atoms with Crippen LogP contribution >= 0.6 is 23.2 Å². The number of halogens is 2. The molecule has 1 aromatic carbocycles. The molecule has 0 saturated heterocycles. The molecule has 0 atom stereocenters. The second-order valence-electron chi connectivity index (χ2n) is 2.65. The maximum absolute atomic E-state index is 10.3. The molecule has 0 bridgehead atoms. The second-order valence-corrected chi connectivity index (χ2v) is 3.43. The lowest BCUT2D eigenvalue weighted by molar-refractivity contribution is -0.131. The Bertz CT molecular complexity index is 413. The summed E-state index contributed by atoms with van der Waals surface area (Å²) in [6.45, 7) is 0. The molecule has 0 amide bonds. The zero-order chi connectivity index (χ0) is 11.4. The number of aliphatic carboxylic acids is 1. The van der Waals surface area contributed by atoms with Crippen LogP contribution in [0.5, 0.6) is 5.75 Å². The third kappa shape index (κ3) is 2.88. The molecule has 0 radical (unpaired) electrons. The van der Waals surface area contributed by atoms with Gasteiger partial charge in [0, 0.05) is 16.7 Å². The summed E-state index contributed by atoms with van der Waals surface area (Å²) in [5, 5.41) is 9.15. The van der Waals surface area contributed by atoms with Gasteiger partial charge in [0.15, 0.2) is 0 Å². The topological polar surface area (TPSA) is 46.5 Å². The molecule has 1 aromatic rings. The Balaban J connectivity index is 3.21. The van der Waals surface area contributed by atoms with Gasteiger partial charge in [-0.2, -0.15) is 0 Å². The third-order valence-electron chi connectivity index (χ3n) is 1.70. The van der Waals surface area contributed by atoms with Crippen LogP contribution in [0.4, 0.5) is 0 Å². The van der Waals surface area contributed by atoms with E-state index in [9.17, 15) is 4.79 Å². The van der Waals surface area contributed by atoms with E-state index in [1.165, 1.54) is 13.2 Å². The van der Waals surface area contributed by atoms with Gasteiger partial charge in [-0.15, -0.1) is 0 Å². The van der Waals surface area contributed by atoms with Crippen molar-refractivity contribution in [3.63, 3.8) is 0 Å². The molecule has 3 nitrogen and oxygen atoms in total. The molecule has 0 unspecified atom stereocenters. The van der Waals surface area contributed by atoms with Crippen molar-refractivity contribution in [2.75, 3.05) is 7.11 Å². The standard InChI is InChI=1S/C10H8Cl2O3/c1-15-8-4-3-7(11)6(10(8)12)2-5-9(13)14/h2-5H,1H3,(H,13,14)/b5-2+. The zero-order valence-electron chi connectivity index (χ0n) is 7.83. The lowest BCUT2D eigenvalue weighted by Gasteiger charge is -2.06. The molecule has 0 aliphatic carbocycles. The summed E-state index contributed by atoms with van der Waals surface area (Å²) in [6.07, 6.45) is 2.29. The van der Waals surface area contributed by atoms with Crippen LogP contribution < -0.4 is 4.74 Å². The van der Waals surface area contributed by atoms with Crippen molar-refractivity contribution in [1.29, 1.82) is 0 Å². The van der Waals surface area contributed by atoms with E-state index < -0.39 is 5.97 Å². The minimum atomic E-state index is -1.06. The fourth-order valence-corrected chi connectivity index (χ4v) is 1.59. The maximum Gasteiger partial charge on any atom is 0.328 e. The van der Waals surface area contributed by atoms with E-state index in [-0.39, 0.29) is 0 Å². The highest BCUT2D eigenvalue weighted by molar-refractivity contribution is 6.38. The van der Waals surface area contributed by atoms with Gasteiger partial charge in [-0.05, 0) is 18.2 Å². The van der Waals surface area contributed by atoms with Crippen molar-refractivity contribution in [3.8, 4) is 5.75 Å². The molecular formula is C10H8Cl2O3. The first-order valence-corrected chi connectivity index (χ1v) is 4.75. The zero-order valence-corrected chi connectivity index (χ0v) is 9.34. The highest BCUT2D eigenvalue weighted by Gasteiger charge is 2.08. The van der Waals surface area contributed by atoms with Crippen molar-refractivity contribution >= 4 is 35.2 Å². The van der Waals surface area contributed by atoms with Gasteiger partial charge in [-0.1, -0.05) is 23.2 Å². The molecule has 5 heteroatoms. The fraction of sp³-hybridized carbons (Fsp3) is 0.100. The van der Waals surface area contributed by atoms with Crippen LogP contribution in [-0.4, -0.2) is 18.2 Å². The van der Waals surface area contributed by atoms with E-state index in [0.29, 0.717) is 21.4 Å². The van der Waals surface area contributed by atoms with Crippen LogP contribution in [0.1, 0.15) is 5.56 Å². The van der Waals surface area contributed by atoms with Gasteiger partial charge in [0.1, 0.15) is 5.75 Å². The average molecular weight is 247 g/mol. The first-order valence-electron chi connectivity index (χ1n) is 3.99. The summed E-state index contributed by atoms with van der Waals surface area (Å²) < 4.78 is 4.98. The SMILES string of the molecule is COc1ccc(Cl)c(/C=C/C(=O)O)c1Cl. The van der Waals surface area contributed by atoms with E-state index in [1.54, 1.807) is 12.1 Å². The molecule has 0 spiro atoms. The van der Waals surface area contributed by atoms with E-state index >= 15 is 0 Å². The number of carboxylic acids is 1. The molecule has 0 aromatic heterocycles. The number of methoxy groups -OCH3 is 1. The molecule has 80 valence electrons. The minimum absolute atomic E-state index is 0.294.